The van der Waals surface area contributed by atoms with Crippen molar-refractivity contribution in [2.45, 2.75) is 6.54 Å². The molecule has 0 bridgehead atoms. The summed E-state index contributed by atoms with van der Waals surface area (Å²) in [5.74, 6) is 0.843. The number of carbonyl (C=O) groups excluding carboxylic acids is 2. The molecule has 2 amide bonds. The number of furan rings is 1. The van der Waals surface area contributed by atoms with Gasteiger partial charge in [0.25, 0.3) is 5.91 Å². The Balaban J connectivity index is 1.45. The zero-order valence-electron chi connectivity index (χ0n) is 13.7. The van der Waals surface area contributed by atoms with Gasteiger partial charge >= 0.3 is 0 Å². The highest BCUT2D eigenvalue weighted by molar-refractivity contribution is 5.96. The molecule has 1 aliphatic heterocycles. The second-order valence-electron chi connectivity index (χ2n) is 5.54. The molecule has 2 aromatic heterocycles. The lowest BCUT2D eigenvalue weighted by molar-refractivity contribution is -0.120. The van der Waals surface area contributed by atoms with Crippen molar-refractivity contribution in [3.63, 3.8) is 0 Å². The van der Waals surface area contributed by atoms with Crippen LogP contribution in [0.15, 0.2) is 41.1 Å². The summed E-state index contributed by atoms with van der Waals surface area (Å²) < 4.78 is 10.4. The van der Waals surface area contributed by atoms with Crippen LogP contribution in [0, 0.1) is 0 Å². The summed E-state index contributed by atoms with van der Waals surface area (Å²) in [7, 11) is 0. The molecule has 3 heterocycles. The summed E-state index contributed by atoms with van der Waals surface area (Å²) in [5.41, 5.74) is 0.413. The monoisotopic (exact) mass is 344 g/mol. The molecule has 132 valence electrons. The molecule has 0 spiro atoms. The molecule has 3 rings (SSSR count). The van der Waals surface area contributed by atoms with E-state index < -0.39 is 0 Å². The van der Waals surface area contributed by atoms with E-state index in [-0.39, 0.29) is 24.9 Å². The Hall–Kier alpha value is -2.87. The van der Waals surface area contributed by atoms with Gasteiger partial charge in [-0.05, 0) is 24.3 Å². The number of amides is 2. The molecule has 1 fully saturated rings. The van der Waals surface area contributed by atoms with Crippen LogP contribution in [0.25, 0.3) is 0 Å². The molecule has 0 unspecified atom stereocenters. The standard InChI is InChI=1S/C17H20N4O4/c22-16(19-11-14-2-1-7-25-14)12-20-17(23)13-3-4-15(18-10-13)21-5-8-24-9-6-21/h1-4,7,10H,5-6,8-9,11-12H2,(H,19,22)(H,20,23). The molecule has 1 saturated heterocycles. The van der Waals surface area contributed by atoms with Crippen LogP contribution in [0.3, 0.4) is 0 Å². The zero-order valence-corrected chi connectivity index (χ0v) is 13.7. The van der Waals surface area contributed by atoms with E-state index in [1.54, 1.807) is 24.3 Å². The number of rotatable bonds is 6. The number of pyridine rings is 1. The Morgan fingerprint density at radius 2 is 2.00 bits per heavy atom. The molecule has 2 N–H and O–H groups in total. The quantitative estimate of drug-likeness (QED) is 0.795. The minimum Gasteiger partial charge on any atom is -0.467 e. The predicted molar refractivity (Wildman–Crippen MR) is 90.2 cm³/mol. The van der Waals surface area contributed by atoms with Crippen molar-refractivity contribution in [3.05, 3.63) is 48.0 Å². The molecule has 0 radical (unpaired) electrons. The first kappa shape index (κ1) is 17.0. The Morgan fingerprint density at radius 1 is 1.16 bits per heavy atom. The molecule has 0 aromatic carbocycles. The zero-order chi connectivity index (χ0) is 17.5. The third kappa shape index (κ3) is 4.80. The van der Waals surface area contributed by atoms with Gasteiger partial charge in [-0.3, -0.25) is 9.59 Å². The van der Waals surface area contributed by atoms with Crippen molar-refractivity contribution < 1.29 is 18.7 Å². The number of ether oxygens (including phenoxy) is 1. The summed E-state index contributed by atoms with van der Waals surface area (Å²) in [6, 6.07) is 7.02. The Bertz CT molecular complexity index is 694. The smallest absolute Gasteiger partial charge is 0.253 e. The van der Waals surface area contributed by atoms with E-state index in [4.69, 9.17) is 9.15 Å². The van der Waals surface area contributed by atoms with Crippen LogP contribution >= 0.6 is 0 Å². The third-order valence-electron chi connectivity index (χ3n) is 3.79. The molecule has 8 heteroatoms. The van der Waals surface area contributed by atoms with Crippen LogP contribution in [0.1, 0.15) is 16.1 Å². The fourth-order valence-corrected chi connectivity index (χ4v) is 2.42. The summed E-state index contributed by atoms with van der Waals surface area (Å²) in [5, 5.41) is 5.24. The lowest BCUT2D eigenvalue weighted by Crippen LogP contribution is -2.37. The van der Waals surface area contributed by atoms with E-state index >= 15 is 0 Å². The number of aromatic nitrogens is 1. The fraction of sp³-hybridized carbons (Fsp3) is 0.353. The number of morpholine rings is 1. The number of hydrogen-bond acceptors (Lipinski definition) is 6. The van der Waals surface area contributed by atoms with Gasteiger partial charge < -0.3 is 24.7 Å². The van der Waals surface area contributed by atoms with Gasteiger partial charge in [0.05, 0.1) is 38.1 Å². The van der Waals surface area contributed by atoms with Crippen molar-refractivity contribution in [1.82, 2.24) is 15.6 Å². The molecule has 1 aliphatic rings. The van der Waals surface area contributed by atoms with E-state index in [0.717, 1.165) is 18.9 Å². The first-order chi connectivity index (χ1) is 12.2. The number of anilines is 1. The maximum atomic E-state index is 12.1. The van der Waals surface area contributed by atoms with Crippen molar-refractivity contribution in [3.8, 4) is 0 Å². The van der Waals surface area contributed by atoms with Gasteiger partial charge in [0.1, 0.15) is 11.6 Å². The van der Waals surface area contributed by atoms with Crippen molar-refractivity contribution in [2.75, 3.05) is 37.7 Å². The fourth-order valence-electron chi connectivity index (χ4n) is 2.42. The molecule has 0 saturated carbocycles. The first-order valence-electron chi connectivity index (χ1n) is 8.08. The summed E-state index contributed by atoms with van der Waals surface area (Å²) in [6.07, 6.45) is 3.05. The van der Waals surface area contributed by atoms with E-state index in [2.05, 4.69) is 20.5 Å². The first-order valence-corrected chi connectivity index (χ1v) is 8.08. The molecular formula is C17H20N4O4. The molecular weight excluding hydrogens is 324 g/mol. The summed E-state index contributed by atoms with van der Waals surface area (Å²) >= 11 is 0. The number of hydrogen-bond donors (Lipinski definition) is 2. The maximum absolute atomic E-state index is 12.1. The molecule has 8 nitrogen and oxygen atoms in total. The van der Waals surface area contributed by atoms with Gasteiger partial charge in [0, 0.05) is 19.3 Å². The van der Waals surface area contributed by atoms with Crippen LogP contribution in [0.5, 0.6) is 0 Å². The molecule has 0 aliphatic carbocycles. The normalized spacial score (nSPS) is 14.2. The maximum Gasteiger partial charge on any atom is 0.253 e. The molecule has 2 aromatic rings. The topological polar surface area (TPSA) is 96.7 Å². The summed E-state index contributed by atoms with van der Waals surface area (Å²) in [4.78, 5) is 30.2. The highest BCUT2D eigenvalue weighted by Crippen LogP contribution is 2.12. The van der Waals surface area contributed by atoms with Gasteiger partial charge in [0.15, 0.2) is 0 Å². The number of nitrogens with zero attached hydrogens (tertiary/aromatic N) is 2. The van der Waals surface area contributed by atoms with Crippen LogP contribution < -0.4 is 15.5 Å². The van der Waals surface area contributed by atoms with E-state index in [1.807, 2.05) is 0 Å². The highest BCUT2D eigenvalue weighted by Gasteiger charge is 2.14. The number of carbonyl (C=O) groups is 2. The predicted octanol–water partition coefficient (Wildman–Crippen LogP) is 0.557. The van der Waals surface area contributed by atoms with E-state index in [1.165, 1.54) is 12.5 Å². The van der Waals surface area contributed by atoms with Gasteiger partial charge in [-0.1, -0.05) is 0 Å². The lowest BCUT2D eigenvalue weighted by atomic mass is 10.2. The van der Waals surface area contributed by atoms with Gasteiger partial charge in [-0.25, -0.2) is 4.98 Å². The van der Waals surface area contributed by atoms with Crippen LogP contribution in [-0.2, 0) is 16.1 Å². The molecule has 25 heavy (non-hydrogen) atoms. The minimum atomic E-state index is -0.339. The van der Waals surface area contributed by atoms with Crippen LogP contribution in [0.2, 0.25) is 0 Å². The highest BCUT2D eigenvalue weighted by atomic mass is 16.5. The largest absolute Gasteiger partial charge is 0.467 e. The Morgan fingerprint density at radius 3 is 2.68 bits per heavy atom. The minimum absolute atomic E-state index is 0.106. The van der Waals surface area contributed by atoms with Gasteiger partial charge in [-0.15, -0.1) is 0 Å². The SMILES string of the molecule is O=C(CNC(=O)c1ccc(N2CCOCC2)nc1)NCc1ccco1. The Labute approximate surface area is 145 Å². The van der Waals surface area contributed by atoms with Crippen molar-refractivity contribution in [2.24, 2.45) is 0 Å². The average molecular weight is 344 g/mol. The van der Waals surface area contributed by atoms with E-state index in [0.29, 0.717) is 24.5 Å². The van der Waals surface area contributed by atoms with E-state index in [9.17, 15) is 9.59 Å². The average Bonchev–Trinajstić information content (AvgIpc) is 3.19. The Kier molecular flexibility index (Phi) is 5.63. The van der Waals surface area contributed by atoms with Crippen LogP contribution in [-0.4, -0.2) is 49.6 Å². The van der Waals surface area contributed by atoms with Crippen molar-refractivity contribution in [1.29, 1.82) is 0 Å². The van der Waals surface area contributed by atoms with Gasteiger partial charge in [0.2, 0.25) is 5.91 Å². The molecule has 0 atom stereocenters. The van der Waals surface area contributed by atoms with Gasteiger partial charge in [-0.2, -0.15) is 0 Å². The summed E-state index contributed by atoms with van der Waals surface area (Å²) in [6.45, 7) is 3.11. The number of nitrogens with one attached hydrogen (secondary N) is 2. The van der Waals surface area contributed by atoms with Crippen molar-refractivity contribution >= 4 is 17.6 Å². The second-order valence-corrected chi connectivity index (χ2v) is 5.54. The second kappa shape index (κ2) is 8.29. The van der Waals surface area contributed by atoms with Crippen LogP contribution in [0.4, 0.5) is 5.82 Å². The third-order valence-corrected chi connectivity index (χ3v) is 3.79. The lowest BCUT2D eigenvalue weighted by Gasteiger charge is -2.27.